The van der Waals surface area contributed by atoms with Gasteiger partial charge < -0.3 is 4.74 Å². The van der Waals surface area contributed by atoms with Crippen molar-refractivity contribution >= 4 is 11.8 Å². The molecule has 4 aromatic rings. The minimum Gasteiger partial charge on any atom is -0.390 e. The molecule has 0 aliphatic carbocycles. The van der Waals surface area contributed by atoms with E-state index < -0.39 is 0 Å². The third kappa shape index (κ3) is 5.86. The van der Waals surface area contributed by atoms with Crippen molar-refractivity contribution in [2.75, 3.05) is 0 Å². The van der Waals surface area contributed by atoms with Crippen molar-refractivity contribution in [3.05, 3.63) is 107 Å². The predicted molar refractivity (Wildman–Crippen MR) is 166 cm³/mol. The Hall–Kier alpha value is -3.24. The van der Waals surface area contributed by atoms with Gasteiger partial charge in [-0.15, -0.1) is 0 Å². The number of thioether (sulfide) groups is 1. The molecular weight excluding hydrogens is 496 g/mol. The van der Waals surface area contributed by atoms with E-state index in [1.807, 2.05) is 23.6 Å². The molecule has 0 aliphatic rings. The van der Waals surface area contributed by atoms with Crippen LogP contribution in [0.5, 0.6) is 11.8 Å². The Balaban J connectivity index is 2.10. The van der Waals surface area contributed by atoms with Gasteiger partial charge in [-0.2, -0.15) is 9.13 Å². The Labute approximate surface area is 239 Å². The molecule has 4 rings (SSSR count). The maximum absolute atomic E-state index is 6.97. The first kappa shape index (κ1) is 28.8. The first-order chi connectivity index (χ1) is 18.6. The molecule has 0 saturated carbocycles. The maximum atomic E-state index is 6.97. The summed E-state index contributed by atoms with van der Waals surface area (Å²) in [5.41, 5.74) is 7.65. The van der Waals surface area contributed by atoms with Crippen molar-refractivity contribution in [2.24, 2.45) is 0 Å². The van der Waals surface area contributed by atoms with Crippen LogP contribution in [0.4, 0.5) is 0 Å². The van der Waals surface area contributed by atoms with Gasteiger partial charge in [0, 0.05) is 22.3 Å². The standard InChI is InChI=1S/C35H43N2OS/c1-10-39-32-20-12-11-19-31(32)38-35-36(33-27(23(2)3)15-13-16-28(33)24(4)5)21-22-37(35)34-29(25(6)7)17-14-18-30(34)26(8)9/h10-26H,1H2,2-9H3/q+1. The number of imidazole rings is 1. The molecule has 0 saturated heterocycles. The number of rotatable bonds is 10. The van der Waals surface area contributed by atoms with Gasteiger partial charge in [0.15, 0.2) is 0 Å². The van der Waals surface area contributed by atoms with Crippen molar-refractivity contribution in [2.45, 2.75) is 84.0 Å². The predicted octanol–water partition coefficient (Wildman–Crippen LogP) is 10.3. The first-order valence-electron chi connectivity index (χ1n) is 14.1. The van der Waals surface area contributed by atoms with E-state index in [1.54, 1.807) is 11.8 Å². The van der Waals surface area contributed by atoms with Crippen molar-refractivity contribution in [3.63, 3.8) is 0 Å². The highest BCUT2D eigenvalue weighted by molar-refractivity contribution is 8.02. The smallest absolute Gasteiger partial charge is 0.390 e. The largest absolute Gasteiger partial charge is 0.472 e. The summed E-state index contributed by atoms with van der Waals surface area (Å²) in [6, 6.07) is 22.4. The lowest BCUT2D eigenvalue weighted by Gasteiger charge is -2.19. The van der Waals surface area contributed by atoms with Gasteiger partial charge in [0.1, 0.15) is 29.5 Å². The third-order valence-electron chi connectivity index (χ3n) is 7.20. The van der Waals surface area contributed by atoms with E-state index in [0.717, 1.165) is 16.7 Å². The highest BCUT2D eigenvalue weighted by Gasteiger charge is 2.32. The summed E-state index contributed by atoms with van der Waals surface area (Å²) in [7, 11) is 0. The second-order valence-electron chi connectivity index (χ2n) is 11.3. The molecule has 1 aromatic heterocycles. The van der Waals surface area contributed by atoms with E-state index in [2.05, 4.69) is 126 Å². The Morgan fingerprint density at radius 2 is 1.23 bits per heavy atom. The number of hydrogen-bond donors (Lipinski definition) is 0. The number of nitrogens with zero attached hydrogens (tertiary/aromatic N) is 2. The summed E-state index contributed by atoms with van der Waals surface area (Å²) in [6.07, 6.45) is 4.35. The van der Waals surface area contributed by atoms with Crippen LogP contribution in [0, 0.1) is 0 Å². The summed E-state index contributed by atoms with van der Waals surface area (Å²) in [5, 5.41) is 1.85. The van der Waals surface area contributed by atoms with E-state index in [0.29, 0.717) is 23.7 Å². The summed E-state index contributed by atoms with van der Waals surface area (Å²) < 4.78 is 11.5. The van der Waals surface area contributed by atoms with E-state index >= 15 is 0 Å². The minimum atomic E-state index is 0.361. The molecule has 0 atom stereocenters. The normalized spacial score (nSPS) is 11.7. The zero-order chi connectivity index (χ0) is 28.3. The number of benzene rings is 3. The SMILES string of the molecule is C=CSc1ccccc1Oc1n(-c2c(C(C)C)cccc2C(C)C)cc[n+]1-c1c(C(C)C)cccc1C(C)C. The van der Waals surface area contributed by atoms with Gasteiger partial charge in [-0.3, -0.25) is 0 Å². The number of aromatic nitrogens is 2. The molecule has 0 radical (unpaired) electrons. The second-order valence-corrected chi connectivity index (χ2v) is 12.4. The molecule has 204 valence electrons. The summed E-state index contributed by atoms with van der Waals surface area (Å²) in [4.78, 5) is 1.04. The van der Waals surface area contributed by atoms with Crippen LogP contribution in [-0.4, -0.2) is 4.57 Å². The number of hydrogen-bond acceptors (Lipinski definition) is 2. The van der Waals surface area contributed by atoms with Crippen LogP contribution in [0.2, 0.25) is 0 Å². The van der Waals surface area contributed by atoms with Crippen LogP contribution in [0.15, 0.2) is 89.9 Å². The fraction of sp³-hybridized carbons (Fsp3) is 0.343. The molecule has 0 bridgehead atoms. The zero-order valence-electron chi connectivity index (χ0n) is 24.7. The summed E-state index contributed by atoms with van der Waals surface area (Å²) in [6.45, 7) is 22.1. The third-order valence-corrected chi connectivity index (χ3v) is 7.96. The average Bonchev–Trinajstić information content (AvgIpc) is 3.31. The molecule has 39 heavy (non-hydrogen) atoms. The van der Waals surface area contributed by atoms with Crippen LogP contribution in [0.1, 0.15) is 101 Å². The van der Waals surface area contributed by atoms with Crippen molar-refractivity contribution in [3.8, 4) is 23.1 Å². The van der Waals surface area contributed by atoms with Gasteiger partial charge >= 0.3 is 6.01 Å². The minimum absolute atomic E-state index is 0.361. The number of para-hydroxylation sites is 3. The molecule has 3 nitrogen and oxygen atoms in total. The van der Waals surface area contributed by atoms with Crippen molar-refractivity contribution in [1.29, 1.82) is 0 Å². The van der Waals surface area contributed by atoms with Gasteiger partial charge in [0.25, 0.3) is 0 Å². The molecule has 0 fully saturated rings. The molecule has 3 aromatic carbocycles. The molecule has 0 aliphatic heterocycles. The van der Waals surface area contributed by atoms with Gasteiger partial charge in [0.2, 0.25) is 0 Å². The van der Waals surface area contributed by atoms with E-state index in [-0.39, 0.29) is 0 Å². The van der Waals surface area contributed by atoms with Crippen LogP contribution in [0.25, 0.3) is 11.4 Å². The highest BCUT2D eigenvalue weighted by atomic mass is 32.2. The molecule has 1 heterocycles. The van der Waals surface area contributed by atoms with Crippen molar-refractivity contribution in [1.82, 2.24) is 4.57 Å². The van der Waals surface area contributed by atoms with E-state index in [9.17, 15) is 0 Å². The fourth-order valence-electron chi connectivity index (χ4n) is 5.22. The highest BCUT2D eigenvalue weighted by Crippen LogP contribution is 2.38. The van der Waals surface area contributed by atoms with Gasteiger partial charge in [-0.25, -0.2) is 0 Å². The molecule has 0 unspecified atom stereocenters. The lowest BCUT2D eigenvalue weighted by molar-refractivity contribution is -0.602. The monoisotopic (exact) mass is 539 g/mol. The van der Waals surface area contributed by atoms with Crippen LogP contribution >= 0.6 is 11.8 Å². The van der Waals surface area contributed by atoms with Crippen LogP contribution in [-0.2, 0) is 0 Å². The Morgan fingerprint density at radius 1 is 0.718 bits per heavy atom. The Kier molecular flexibility index (Phi) is 9.07. The first-order valence-corrected chi connectivity index (χ1v) is 15.0. The fourth-order valence-corrected chi connectivity index (χ4v) is 5.78. The summed E-state index contributed by atoms with van der Waals surface area (Å²) >= 11 is 1.58. The van der Waals surface area contributed by atoms with E-state index in [4.69, 9.17) is 4.74 Å². The molecule has 4 heteroatoms. The van der Waals surface area contributed by atoms with Crippen LogP contribution < -0.4 is 9.30 Å². The van der Waals surface area contributed by atoms with Crippen LogP contribution in [0.3, 0.4) is 0 Å². The topological polar surface area (TPSA) is 18.0 Å². The molecular formula is C35H43N2OS+. The average molecular weight is 540 g/mol. The molecule has 0 spiro atoms. The lowest BCUT2D eigenvalue weighted by atomic mass is 9.92. The maximum Gasteiger partial charge on any atom is 0.472 e. The lowest BCUT2D eigenvalue weighted by Crippen LogP contribution is -2.34. The van der Waals surface area contributed by atoms with Gasteiger partial charge in [0.05, 0.1) is 4.90 Å². The van der Waals surface area contributed by atoms with E-state index in [1.165, 1.54) is 33.6 Å². The summed E-state index contributed by atoms with van der Waals surface area (Å²) in [5.74, 6) is 2.26. The Morgan fingerprint density at radius 3 is 1.74 bits per heavy atom. The van der Waals surface area contributed by atoms with Gasteiger partial charge in [-0.1, -0.05) is 122 Å². The molecule has 0 amide bonds. The van der Waals surface area contributed by atoms with Crippen molar-refractivity contribution < 1.29 is 9.30 Å². The second kappa shape index (κ2) is 12.3. The quantitative estimate of drug-likeness (QED) is 0.147. The number of ether oxygens (including phenoxy) is 1. The molecule has 0 N–H and O–H groups in total. The Bertz CT molecular complexity index is 1310. The van der Waals surface area contributed by atoms with Gasteiger partial charge in [-0.05, 0) is 41.2 Å². The zero-order valence-corrected chi connectivity index (χ0v) is 25.5.